The summed E-state index contributed by atoms with van der Waals surface area (Å²) in [5.41, 5.74) is 0. The lowest BCUT2D eigenvalue weighted by Gasteiger charge is -2.28. The first-order valence-electron chi connectivity index (χ1n) is 33.7. The second-order valence-corrected chi connectivity index (χ2v) is 34.4. The molecule has 0 amide bonds. The number of hydrogen-bond donors (Lipinski definition) is 0. The van der Waals surface area contributed by atoms with E-state index in [0.717, 1.165) is 0 Å². The molecule has 12 heteroatoms. The fourth-order valence-electron chi connectivity index (χ4n) is 11.2. The fourth-order valence-corrected chi connectivity index (χ4v) is 21.6. The van der Waals surface area contributed by atoms with E-state index in [1.165, 1.54) is 257 Å². The van der Waals surface area contributed by atoms with Gasteiger partial charge in [-0.1, -0.05) is 261 Å². The maximum Gasteiger partial charge on any atom is 0.246 e. The Morgan fingerprint density at radius 3 is 0.434 bits per heavy atom. The lowest BCUT2D eigenvalue weighted by atomic mass is 10.1. The van der Waals surface area contributed by atoms with E-state index in [4.69, 9.17) is 0 Å². The van der Waals surface area contributed by atoms with Gasteiger partial charge in [0.15, 0.2) is 0 Å². The van der Waals surface area contributed by atoms with Gasteiger partial charge < -0.3 is 9.11 Å². The van der Waals surface area contributed by atoms with Crippen LogP contribution in [0.5, 0.6) is 0 Å². The predicted octanol–water partition coefficient (Wildman–Crippen LogP) is 22.7. The number of hydrogen-bond acceptors (Lipinski definition) is 8. The van der Waals surface area contributed by atoms with Crippen LogP contribution in [0.3, 0.4) is 0 Å². The minimum Gasteiger partial charge on any atom is -0.724 e. The first kappa shape index (κ1) is 80.8. The van der Waals surface area contributed by atoms with Crippen LogP contribution in [0.4, 0.5) is 0 Å². The average Bonchev–Trinajstić information content (AvgIpc) is 3.39. The lowest BCUT2D eigenvalue weighted by molar-refractivity contribution is -0.107. The molecule has 0 spiro atoms. The van der Waals surface area contributed by atoms with Crippen LogP contribution in [-0.4, -0.2) is 75.2 Å². The fraction of sp³-hybridized carbons (Fsp3) is 1.00. The van der Waals surface area contributed by atoms with Crippen LogP contribution in [0.1, 0.15) is 364 Å². The molecule has 0 bridgehead atoms. The molecule has 0 heterocycles. The summed E-state index contributed by atoms with van der Waals surface area (Å²) in [6.45, 7) is 18.8. The Kier molecular flexibility index (Phi) is 65.6. The molecule has 76 heavy (non-hydrogen) atoms. The van der Waals surface area contributed by atoms with Crippen LogP contribution in [0.25, 0.3) is 0 Å². The van der Waals surface area contributed by atoms with Gasteiger partial charge in [0.25, 0.3) is 0 Å². The highest BCUT2D eigenvalue weighted by Crippen LogP contribution is 2.62. The molecule has 462 valence electrons. The van der Waals surface area contributed by atoms with Gasteiger partial charge in [-0.2, -0.15) is 0 Å². The van der Waals surface area contributed by atoms with Crippen molar-refractivity contribution in [3.8, 4) is 0 Å². The summed E-state index contributed by atoms with van der Waals surface area (Å²) >= 11 is 0. The topological polar surface area (TPSA) is 133 Å². The average molecular weight is 1160 g/mol. The van der Waals surface area contributed by atoms with Gasteiger partial charge in [0.2, 0.25) is 20.8 Å². The first-order chi connectivity index (χ1) is 36.7. The maximum atomic E-state index is 9.37. The van der Waals surface area contributed by atoms with Crippen molar-refractivity contribution in [3.05, 3.63) is 0 Å². The molecule has 0 rings (SSSR count). The Labute approximate surface area is 480 Å². The lowest BCUT2D eigenvalue weighted by Crippen LogP contribution is -2.13. The van der Waals surface area contributed by atoms with Crippen molar-refractivity contribution in [1.29, 1.82) is 0 Å². The third-order valence-corrected chi connectivity index (χ3v) is 26.8. The van der Waals surface area contributed by atoms with Crippen LogP contribution in [0.15, 0.2) is 0 Å². The molecule has 0 aromatic rings. The Balaban J connectivity index is -0.00000119. The molecule has 0 atom stereocenters. The van der Waals surface area contributed by atoms with Gasteiger partial charge >= 0.3 is 0 Å². The van der Waals surface area contributed by atoms with E-state index in [9.17, 15) is 25.9 Å². The van der Waals surface area contributed by atoms with Crippen LogP contribution in [0, 0.1) is 0 Å². The summed E-state index contributed by atoms with van der Waals surface area (Å²) in [5, 5.41) is 0. The largest absolute Gasteiger partial charge is 0.724 e. The number of rotatable bonds is 59. The SMILES string of the molecule is CCCCCCCCCCCCCC[P+](CCCCCC)(CCCCCC)CCCCCC.CCCCCCCCCCCCCC[P+](CCCCCC)(CCCCCC)CCCCCC.O=S(=O)([O-])OOS(=O)(=O)[O-]. The maximum absolute atomic E-state index is 9.37. The van der Waals surface area contributed by atoms with Gasteiger partial charge in [-0.15, -0.1) is 8.67 Å². The Morgan fingerprint density at radius 2 is 0.316 bits per heavy atom. The van der Waals surface area contributed by atoms with Crippen LogP contribution >= 0.6 is 14.5 Å². The second kappa shape index (κ2) is 61.7. The van der Waals surface area contributed by atoms with Gasteiger partial charge in [0.05, 0.1) is 49.3 Å². The predicted molar refractivity (Wildman–Crippen MR) is 341 cm³/mol. The third kappa shape index (κ3) is 63.8. The highest BCUT2D eigenvalue weighted by atomic mass is 32.3. The summed E-state index contributed by atoms with van der Waals surface area (Å²) in [4.78, 5) is 0. The highest BCUT2D eigenvalue weighted by molar-refractivity contribution is 7.83. The summed E-state index contributed by atoms with van der Waals surface area (Å²) in [7, 11) is -12.0. The van der Waals surface area contributed by atoms with Gasteiger partial charge in [0, 0.05) is 14.5 Å². The van der Waals surface area contributed by atoms with Gasteiger partial charge in [-0.25, -0.2) is 16.8 Å². The molecular weight excluding hydrogens is 1020 g/mol. The van der Waals surface area contributed by atoms with Crippen molar-refractivity contribution in [2.24, 2.45) is 0 Å². The van der Waals surface area contributed by atoms with Gasteiger partial charge in [0.1, 0.15) is 0 Å². The standard InChI is InChI=1S/2C32H68P.H2O8S2/c2*1-5-9-13-17-18-19-20-21-22-23-24-28-32-33(29-25-14-10-6-2,30-26-15-11-7-3)31-27-16-12-8-4;1-9(2,3)7-8-10(4,5)6/h2*5-32H2,1-4H3;(H,1,2,3)(H,4,5,6)/q2*+1;/p-2. The zero-order valence-corrected chi connectivity index (χ0v) is 56.0. The molecule has 0 aliphatic rings. The van der Waals surface area contributed by atoms with E-state index in [1.54, 1.807) is 101 Å². The van der Waals surface area contributed by atoms with Crippen molar-refractivity contribution < 1.29 is 34.6 Å². The second-order valence-electron chi connectivity index (χ2n) is 23.6. The Bertz CT molecular complexity index is 1170. The molecule has 0 aliphatic heterocycles. The van der Waals surface area contributed by atoms with E-state index in [1.807, 2.05) is 0 Å². The quantitative estimate of drug-likeness (QED) is 0.0147. The molecule has 0 N–H and O–H groups in total. The highest BCUT2D eigenvalue weighted by Gasteiger charge is 2.36. The summed E-state index contributed by atoms with van der Waals surface area (Å²) in [5.74, 6) is 0. The minimum absolute atomic E-state index is 0.697. The van der Waals surface area contributed by atoms with Crippen molar-refractivity contribution in [3.63, 3.8) is 0 Å². The number of unbranched alkanes of at least 4 members (excludes halogenated alkanes) is 40. The van der Waals surface area contributed by atoms with Crippen molar-refractivity contribution in [2.75, 3.05) is 49.3 Å². The smallest absolute Gasteiger partial charge is 0.246 e. The van der Waals surface area contributed by atoms with Crippen LogP contribution in [-0.2, 0) is 29.5 Å². The molecule has 0 aliphatic carbocycles. The molecule has 0 fully saturated rings. The van der Waals surface area contributed by atoms with E-state index in [0.29, 0.717) is 0 Å². The van der Waals surface area contributed by atoms with Crippen molar-refractivity contribution in [1.82, 2.24) is 0 Å². The van der Waals surface area contributed by atoms with E-state index >= 15 is 0 Å². The normalized spacial score (nSPS) is 12.2. The molecule has 0 saturated carbocycles. The van der Waals surface area contributed by atoms with Gasteiger partial charge in [-0.3, -0.25) is 0 Å². The molecule has 0 saturated heterocycles. The molecule has 8 nitrogen and oxygen atoms in total. The molecule has 0 aromatic heterocycles. The summed E-state index contributed by atoms with van der Waals surface area (Å²) in [6, 6.07) is 0. The molecule has 0 unspecified atom stereocenters. The summed E-state index contributed by atoms with van der Waals surface area (Å²) < 4.78 is 61.5. The van der Waals surface area contributed by atoms with E-state index in [2.05, 4.69) is 64.1 Å². The third-order valence-electron chi connectivity index (χ3n) is 16.1. The Morgan fingerprint density at radius 1 is 0.211 bits per heavy atom. The van der Waals surface area contributed by atoms with Crippen LogP contribution in [0.2, 0.25) is 0 Å². The van der Waals surface area contributed by atoms with Crippen molar-refractivity contribution >= 4 is 35.3 Å². The summed E-state index contributed by atoms with van der Waals surface area (Å²) in [6.07, 6.45) is 84.2. The van der Waals surface area contributed by atoms with Gasteiger partial charge in [-0.05, 0) is 103 Å². The first-order valence-corrected chi connectivity index (χ1v) is 41.4. The molecule has 0 radical (unpaired) electrons. The minimum atomic E-state index is -5.31. The Hall–Kier alpha value is 0.600. The molecular formula is C64H136O8P2S2. The zero-order chi connectivity index (χ0) is 57.0. The molecule has 0 aromatic carbocycles. The zero-order valence-electron chi connectivity index (χ0n) is 52.6. The van der Waals surface area contributed by atoms with E-state index in [-0.39, 0.29) is 0 Å². The van der Waals surface area contributed by atoms with Crippen molar-refractivity contribution in [2.45, 2.75) is 364 Å². The van der Waals surface area contributed by atoms with Crippen LogP contribution < -0.4 is 0 Å². The van der Waals surface area contributed by atoms with E-state index < -0.39 is 35.3 Å². The monoisotopic (exact) mass is 1160 g/mol.